The van der Waals surface area contributed by atoms with Gasteiger partial charge in [-0.15, -0.1) is 0 Å². The van der Waals surface area contributed by atoms with Gasteiger partial charge in [-0.05, 0) is 42.0 Å². The lowest BCUT2D eigenvalue weighted by molar-refractivity contribution is -0.138. The van der Waals surface area contributed by atoms with Crippen LogP contribution in [0.5, 0.6) is 0 Å². The van der Waals surface area contributed by atoms with Crippen LogP contribution in [0.3, 0.4) is 0 Å². The van der Waals surface area contributed by atoms with Gasteiger partial charge in [-0.25, -0.2) is 4.79 Å². The molecule has 166 valence electrons. The maximum absolute atomic E-state index is 13.5. The van der Waals surface area contributed by atoms with E-state index in [1.807, 2.05) is 0 Å². The molecule has 0 spiro atoms. The number of hydrogen-bond donors (Lipinski definition) is 0. The smallest absolute Gasteiger partial charge is 0.416 e. The lowest BCUT2D eigenvalue weighted by atomic mass is 10.0. The summed E-state index contributed by atoms with van der Waals surface area (Å²) < 4.78 is 75.9. The zero-order valence-corrected chi connectivity index (χ0v) is 16.9. The first-order valence-electron chi connectivity index (χ1n) is 9.06. The number of fused-ring (bicyclic) bond motifs is 1. The molecule has 1 aromatic heterocycles. The van der Waals surface area contributed by atoms with Crippen molar-refractivity contribution in [3.05, 3.63) is 69.9 Å². The fraction of sp³-hybridized carbons (Fsp3) is 0.286. The standard InChI is InChI=1S/C21H17ClF5NO3/c1-30-19(29)13-3-5-18-14(8-13)10-16(28(18)6-7-31-20(23)24)9-12-2-4-15(22)11-17(12)21(25,26)27/h2-5,8,10-11,20H,6-7,9H2,1H3. The minimum Gasteiger partial charge on any atom is -0.465 e. The summed E-state index contributed by atoms with van der Waals surface area (Å²) in [6, 6.07) is 9.70. The highest BCUT2D eigenvalue weighted by Gasteiger charge is 2.33. The van der Waals surface area contributed by atoms with E-state index in [0.29, 0.717) is 16.6 Å². The Morgan fingerprint density at radius 2 is 1.87 bits per heavy atom. The van der Waals surface area contributed by atoms with Crippen molar-refractivity contribution in [2.24, 2.45) is 0 Å². The Labute approximate surface area is 179 Å². The van der Waals surface area contributed by atoms with Gasteiger partial charge in [0.25, 0.3) is 0 Å². The molecule has 0 atom stereocenters. The normalized spacial score (nSPS) is 12.0. The minimum atomic E-state index is -4.62. The maximum atomic E-state index is 13.5. The lowest BCUT2D eigenvalue weighted by Gasteiger charge is -2.15. The summed E-state index contributed by atoms with van der Waals surface area (Å²) in [5.41, 5.74) is 0.343. The highest BCUT2D eigenvalue weighted by Crippen LogP contribution is 2.35. The molecule has 3 aromatic rings. The first kappa shape index (κ1) is 23.0. The monoisotopic (exact) mass is 461 g/mol. The van der Waals surface area contributed by atoms with Gasteiger partial charge in [-0.1, -0.05) is 17.7 Å². The van der Waals surface area contributed by atoms with Crippen LogP contribution in [0.25, 0.3) is 10.9 Å². The average molecular weight is 462 g/mol. The molecule has 0 N–H and O–H groups in total. The Morgan fingerprint density at radius 3 is 2.52 bits per heavy atom. The molecule has 0 aliphatic rings. The van der Waals surface area contributed by atoms with Crippen LogP contribution < -0.4 is 0 Å². The fourth-order valence-corrected chi connectivity index (χ4v) is 3.55. The Bertz CT molecular complexity index is 1090. The van der Waals surface area contributed by atoms with Crippen molar-refractivity contribution in [3.8, 4) is 0 Å². The van der Waals surface area contributed by atoms with E-state index in [4.69, 9.17) is 11.6 Å². The van der Waals surface area contributed by atoms with Crippen molar-refractivity contribution in [2.45, 2.75) is 25.8 Å². The number of carbonyl (C=O) groups is 1. The highest BCUT2D eigenvalue weighted by atomic mass is 35.5. The molecule has 3 rings (SSSR count). The molecule has 0 fully saturated rings. The molecule has 0 aliphatic carbocycles. The van der Waals surface area contributed by atoms with Crippen molar-refractivity contribution >= 4 is 28.5 Å². The summed E-state index contributed by atoms with van der Waals surface area (Å²) in [7, 11) is 1.23. The zero-order valence-electron chi connectivity index (χ0n) is 16.2. The highest BCUT2D eigenvalue weighted by molar-refractivity contribution is 6.30. The summed E-state index contributed by atoms with van der Waals surface area (Å²) in [6.45, 7) is -3.33. The summed E-state index contributed by atoms with van der Waals surface area (Å²) in [5.74, 6) is -0.575. The van der Waals surface area contributed by atoms with E-state index in [1.54, 1.807) is 16.7 Å². The van der Waals surface area contributed by atoms with E-state index in [0.717, 1.165) is 6.07 Å². The second-order valence-electron chi connectivity index (χ2n) is 6.66. The zero-order chi connectivity index (χ0) is 22.8. The maximum Gasteiger partial charge on any atom is 0.416 e. The molecule has 0 bridgehead atoms. The van der Waals surface area contributed by atoms with Gasteiger partial charge in [0.15, 0.2) is 0 Å². The number of methoxy groups -OCH3 is 1. The number of rotatable bonds is 7. The van der Waals surface area contributed by atoms with Crippen LogP contribution in [0.15, 0.2) is 42.5 Å². The quantitative estimate of drug-likeness (QED) is 0.323. The number of ether oxygens (including phenoxy) is 2. The van der Waals surface area contributed by atoms with Gasteiger partial charge < -0.3 is 14.0 Å². The Morgan fingerprint density at radius 1 is 1.13 bits per heavy atom. The van der Waals surface area contributed by atoms with E-state index in [2.05, 4.69) is 9.47 Å². The Kier molecular flexibility index (Phi) is 6.86. The van der Waals surface area contributed by atoms with E-state index < -0.39 is 24.3 Å². The lowest BCUT2D eigenvalue weighted by Crippen LogP contribution is -2.13. The number of esters is 1. The fourth-order valence-electron chi connectivity index (χ4n) is 3.38. The molecule has 0 unspecified atom stereocenters. The Hall–Kier alpha value is -2.65. The Balaban J connectivity index is 2.07. The number of carbonyl (C=O) groups excluding carboxylic acids is 1. The first-order chi connectivity index (χ1) is 14.6. The predicted molar refractivity (Wildman–Crippen MR) is 104 cm³/mol. The molecule has 0 amide bonds. The van der Waals surface area contributed by atoms with E-state index in [-0.39, 0.29) is 35.7 Å². The number of hydrogen-bond acceptors (Lipinski definition) is 3. The van der Waals surface area contributed by atoms with E-state index in [1.165, 1.54) is 31.4 Å². The molecule has 2 aromatic carbocycles. The van der Waals surface area contributed by atoms with Gasteiger partial charge in [0.1, 0.15) is 0 Å². The summed E-state index contributed by atoms with van der Waals surface area (Å²) in [5, 5.41) is 0.502. The number of benzene rings is 2. The molecule has 10 heteroatoms. The third-order valence-corrected chi connectivity index (χ3v) is 4.95. The van der Waals surface area contributed by atoms with E-state index >= 15 is 0 Å². The minimum absolute atomic E-state index is 0.0182. The van der Waals surface area contributed by atoms with Crippen LogP contribution in [0.1, 0.15) is 27.2 Å². The van der Waals surface area contributed by atoms with Gasteiger partial charge in [-0.3, -0.25) is 0 Å². The molecular formula is C21H17ClF5NO3. The number of alkyl halides is 5. The van der Waals surface area contributed by atoms with Crippen molar-refractivity contribution in [1.29, 1.82) is 0 Å². The summed E-state index contributed by atoms with van der Waals surface area (Å²) in [4.78, 5) is 11.8. The van der Waals surface area contributed by atoms with Crippen molar-refractivity contribution in [1.82, 2.24) is 4.57 Å². The third-order valence-electron chi connectivity index (χ3n) is 4.72. The van der Waals surface area contributed by atoms with Gasteiger partial charge in [0, 0.05) is 34.6 Å². The van der Waals surface area contributed by atoms with Crippen LogP contribution in [0.4, 0.5) is 22.0 Å². The predicted octanol–water partition coefficient (Wildman–Crippen LogP) is 5.93. The first-order valence-corrected chi connectivity index (χ1v) is 9.44. The molecular weight excluding hydrogens is 445 g/mol. The molecule has 4 nitrogen and oxygen atoms in total. The van der Waals surface area contributed by atoms with Crippen molar-refractivity contribution in [3.63, 3.8) is 0 Å². The topological polar surface area (TPSA) is 40.5 Å². The molecule has 1 heterocycles. The molecule has 0 saturated heterocycles. The van der Waals surface area contributed by atoms with Gasteiger partial charge in [0.05, 0.1) is 24.8 Å². The number of nitrogens with zero attached hydrogens (tertiary/aromatic N) is 1. The largest absolute Gasteiger partial charge is 0.465 e. The third kappa shape index (κ3) is 5.34. The van der Waals surface area contributed by atoms with Crippen LogP contribution >= 0.6 is 11.6 Å². The molecule has 0 radical (unpaired) electrons. The number of halogens is 6. The molecule has 0 saturated carbocycles. The van der Waals surface area contributed by atoms with E-state index in [9.17, 15) is 26.7 Å². The van der Waals surface area contributed by atoms with Gasteiger partial charge >= 0.3 is 18.8 Å². The van der Waals surface area contributed by atoms with Crippen LogP contribution in [0.2, 0.25) is 5.02 Å². The van der Waals surface area contributed by atoms with Crippen molar-refractivity contribution in [2.75, 3.05) is 13.7 Å². The number of aromatic nitrogens is 1. The second kappa shape index (κ2) is 9.23. The molecule has 0 aliphatic heterocycles. The second-order valence-corrected chi connectivity index (χ2v) is 7.10. The molecule has 31 heavy (non-hydrogen) atoms. The van der Waals surface area contributed by atoms with Gasteiger partial charge in [0.2, 0.25) is 0 Å². The van der Waals surface area contributed by atoms with Crippen LogP contribution in [0, 0.1) is 0 Å². The van der Waals surface area contributed by atoms with Crippen molar-refractivity contribution < 1.29 is 36.2 Å². The van der Waals surface area contributed by atoms with Gasteiger partial charge in [-0.2, -0.15) is 22.0 Å². The summed E-state index contributed by atoms with van der Waals surface area (Å²) in [6.07, 6.45) is -4.75. The van der Waals surface area contributed by atoms with Crippen LogP contribution in [-0.2, 0) is 28.6 Å². The SMILES string of the molecule is COC(=O)c1ccc2c(c1)cc(Cc1ccc(Cl)cc1C(F)(F)F)n2CCOC(F)F. The average Bonchev–Trinajstić information content (AvgIpc) is 3.04. The van der Waals surface area contributed by atoms with Crippen LogP contribution in [-0.4, -0.2) is 30.9 Å². The summed E-state index contributed by atoms with van der Waals surface area (Å²) >= 11 is 5.74.